The summed E-state index contributed by atoms with van der Waals surface area (Å²) in [6.07, 6.45) is 5.92. The second-order valence-corrected chi connectivity index (χ2v) is 4.79. The number of nitrogens with two attached hydrogens (primary N) is 1. The van der Waals surface area contributed by atoms with Crippen LogP contribution in [0.2, 0.25) is 0 Å². The lowest BCUT2D eigenvalue weighted by atomic mass is 9.81. The molecule has 1 saturated carbocycles. The van der Waals surface area contributed by atoms with Gasteiger partial charge in [0.05, 0.1) is 7.11 Å². The van der Waals surface area contributed by atoms with E-state index in [0.29, 0.717) is 11.5 Å². The molecular formula is C14H21ClFNO. The SMILES string of the molecule is COc1cccc([C@H](N)C2CCCCC2)c1F.Cl. The van der Waals surface area contributed by atoms with Crippen LogP contribution in [0.15, 0.2) is 18.2 Å². The van der Waals surface area contributed by atoms with Crippen LogP contribution in [-0.2, 0) is 0 Å². The zero-order valence-corrected chi connectivity index (χ0v) is 11.5. The smallest absolute Gasteiger partial charge is 0.169 e. The van der Waals surface area contributed by atoms with Gasteiger partial charge in [-0.15, -0.1) is 12.4 Å². The Hall–Kier alpha value is -0.800. The average molecular weight is 274 g/mol. The Morgan fingerprint density at radius 1 is 1.28 bits per heavy atom. The van der Waals surface area contributed by atoms with Crippen molar-refractivity contribution < 1.29 is 9.13 Å². The Labute approximate surface area is 114 Å². The maximum Gasteiger partial charge on any atom is 0.169 e. The van der Waals surface area contributed by atoms with Gasteiger partial charge >= 0.3 is 0 Å². The molecule has 2 N–H and O–H groups in total. The normalized spacial score (nSPS) is 17.9. The third-order valence-electron chi connectivity index (χ3n) is 3.73. The highest BCUT2D eigenvalue weighted by molar-refractivity contribution is 5.85. The molecule has 1 aromatic carbocycles. The Bertz CT molecular complexity index is 380. The monoisotopic (exact) mass is 273 g/mol. The number of hydrogen-bond acceptors (Lipinski definition) is 2. The largest absolute Gasteiger partial charge is 0.494 e. The van der Waals surface area contributed by atoms with Crippen LogP contribution in [0.3, 0.4) is 0 Å². The third-order valence-corrected chi connectivity index (χ3v) is 3.73. The summed E-state index contributed by atoms with van der Waals surface area (Å²) in [7, 11) is 1.48. The van der Waals surface area contributed by atoms with Crippen molar-refractivity contribution in [1.82, 2.24) is 0 Å². The second kappa shape index (κ2) is 6.95. The van der Waals surface area contributed by atoms with Gasteiger partial charge < -0.3 is 10.5 Å². The van der Waals surface area contributed by atoms with Crippen molar-refractivity contribution in [3.05, 3.63) is 29.6 Å². The Balaban J connectivity index is 0.00000162. The number of methoxy groups -OCH3 is 1. The lowest BCUT2D eigenvalue weighted by molar-refractivity contribution is 0.300. The van der Waals surface area contributed by atoms with Crippen LogP contribution < -0.4 is 10.5 Å². The van der Waals surface area contributed by atoms with Gasteiger partial charge in [-0.3, -0.25) is 0 Å². The van der Waals surface area contributed by atoms with E-state index in [0.717, 1.165) is 12.8 Å². The van der Waals surface area contributed by atoms with Gasteiger partial charge in [-0.1, -0.05) is 31.4 Å². The quantitative estimate of drug-likeness (QED) is 0.908. The molecular weight excluding hydrogens is 253 g/mol. The molecule has 102 valence electrons. The summed E-state index contributed by atoms with van der Waals surface area (Å²) >= 11 is 0. The second-order valence-electron chi connectivity index (χ2n) is 4.79. The maximum absolute atomic E-state index is 14.1. The highest BCUT2D eigenvalue weighted by Gasteiger charge is 2.25. The molecule has 0 saturated heterocycles. The van der Waals surface area contributed by atoms with Gasteiger partial charge in [0.2, 0.25) is 0 Å². The van der Waals surface area contributed by atoms with E-state index in [1.165, 1.54) is 26.4 Å². The number of benzene rings is 1. The lowest BCUT2D eigenvalue weighted by Crippen LogP contribution is -2.24. The first-order chi connectivity index (χ1) is 8.24. The van der Waals surface area contributed by atoms with Gasteiger partial charge in [0, 0.05) is 11.6 Å². The molecule has 0 radical (unpaired) electrons. The van der Waals surface area contributed by atoms with E-state index in [1.54, 1.807) is 18.2 Å². The molecule has 0 aromatic heterocycles. The van der Waals surface area contributed by atoms with Crippen molar-refractivity contribution in [2.45, 2.75) is 38.1 Å². The van der Waals surface area contributed by atoms with Crippen LogP contribution in [0.25, 0.3) is 0 Å². The molecule has 0 spiro atoms. The van der Waals surface area contributed by atoms with Crippen LogP contribution in [-0.4, -0.2) is 7.11 Å². The van der Waals surface area contributed by atoms with E-state index in [1.807, 2.05) is 0 Å². The fraction of sp³-hybridized carbons (Fsp3) is 0.571. The first-order valence-corrected chi connectivity index (χ1v) is 6.32. The Kier molecular flexibility index (Phi) is 5.89. The van der Waals surface area contributed by atoms with Crippen molar-refractivity contribution in [1.29, 1.82) is 0 Å². The Morgan fingerprint density at radius 3 is 2.56 bits per heavy atom. The summed E-state index contributed by atoms with van der Waals surface area (Å²) < 4.78 is 19.1. The molecule has 0 unspecified atom stereocenters. The average Bonchev–Trinajstić information content (AvgIpc) is 2.39. The van der Waals surface area contributed by atoms with Crippen LogP contribution in [0.1, 0.15) is 43.7 Å². The van der Waals surface area contributed by atoms with E-state index in [4.69, 9.17) is 10.5 Å². The lowest BCUT2D eigenvalue weighted by Gasteiger charge is -2.28. The maximum atomic E-state index is 14.1. The minimum absolute atomic E-state index is 0. The van der Waals surface area contributed by atoms with E-state index in [-0.39, 0.29) is 30.0 Å². The minimum Gasteiger partial charge on any atom is -0.494 e. The van der Waals surface area contributed by atoms with Crippen molar-refractivity contribution in [2.75, 3.05) is 7.11 Å². The summed E-state index contributed by atoms with van der Waals surface area (Å²) in [4.78, 5) is 0. The molecule has 18 heavy (non-hydrogen) atoms. The summed E-state index contributed by atoms with van der Waals surface area (Å²) in [5.41, 5.74) is 6.79. The number of rotatable bonds is 3. The fourth-order valence-corrected chi connectivity index (χ4v) is 2.69. The van der Waals surface area contributed by atoms with E-state index < -0.39 is 0 Å². The van der Waals surface area contributed by atoms with Crippen molar-refractivity contribution in [3.8, 4) is 5.75 Å². The zero-order chi connectivity index (χ0) is 12.3. The minimum atomic E-state index is -0.298. The molecule has 0 amide bonds. The zero-order valence-electron chi connectivity index (χ0n) is 10.7. The molecule has 0 heterocycles. The van der Waals surface area contributed by atoms with Crippen molar-refractivity contribution >= 4 is 12.4 Å². The number of hydrogen-bond donors (Lipinski definition) is 1. The van der Waals surface area contributed by atoms with E-state index >= 15 is 0 Å². The van der Waals surface area contributed by atoms with Crippen molar-refractivity contribution in [2.24, 2.45) is 11.7 Å². The summed E-state index contributed by atoms with van der Waals surface area (Å²) in [5, 5.41) is 0. The fourth-order valence-electron chi connectivity index (χ4n) is 2.69. The molecule has 1 atom stereocenters. The molecule has 2 rings (SSSR count). The molecule has 0 bridgehead atoms. The molecule has 1 aromatic rings. The number of ether oxygens (including phenoxy) is 1. The first kappa shape index (κ1) is 15.3. The highest BCUT2D eigenvalue weighted by atomic mass is 35.5. The van der Waals surface area contributed by atoms with Gasteiger partial charge in [-0.25, -0.2) is 4.39 Å². The first-order valence-electron chi connectivity index (χ1n) is 6.32. The molecule has 1 fully saturated rings. The van der Waals surface area contributed by atoms with Gasteiger partial charge in [0.25, 0.3) is 0 Å². The molecule has 1 aliphatic rings. The third kappa shape index (κ3) is 3.15. The Morgan fingerprint density at radius 2 is 1.94 bits per heavy atom. The van der Waals surface area contributed by atoms with Crippen LogP contribution >= 0.6 is 12.4 Å². The highest BCUT2D eigenvalue weighted by Crippen LogP contribution is 2.35. The topological polar surface area (TPSA) is 35.2 Å². The number of halogens is 2. The van der Waals surface area contributed by atoms with E-state index in [9.17, 15) is 4.39 Å². The predicted octanol–water partition coefficient (Wildman–Crippen LogP) is 3.84. The van der Waals surface area contributed by atoms with Gasteiger partial charge in [0.1, 0.15) is 0 Å². The standard InChI is InChI=1S/C14H20FNO.ClH/c1-17-12-9-5-8-11(13(12)15)14(16)10-6-3-2-4-7-10;/h5,8-10,14H,2-4,6-7,16H2,1H3;1H/t14-;/m1./s1. The summed E-state index contributed by atoms with van der Waals surface area (Å²) in [6.45, 7) is 0. The molecule has 4 heteroatoms. The van der Waals surface area contributed by atoms with Crippen molar-refractivity contribution in [3.63, 3.8) is 0 Å². The van der Waals surface area contributed by atoms with Crippen LogP contribution in [0.4, 0.5) is 4.39 Å². The molecule has 0 aliphatic heterocycles. The molecule has 1 aliphatic carbocycles. The predicted molar refractivity (Wildman–Crippen MR) is 73.7 cm³/mol. The van der Waals surface area contributed by atoms with Gasteiger partial charge in [0.15, 0.2) is 11.6 Å². The summed E-state index contributed by atoms with van der Waals surface area (Å²) in [6, 6.07) is 5.01. The van der Waals surface area contributed by atoms with Gasteiger partial charge in [-0.2, -0.15) is 0 Å². The summed E-state index contributed by atoms with van der Waals surface area (Å²) in [5.74, 6) is 0.396. The van der Waals surface area contributed by atoms with E-state index in [2.05, 4.69) is 0 Å². The van der Waals surface area contributed by atoms with Gasteiger partial charge in [-0.05, 0) is 24.8 Å². The van der Waals surface area contributed by atoms with Crippen LogP contribution in [0, 0.1) is 11.7 Å². The molecule has 2 nitrogen and oxygen atoms in total. The van der Waals surface area contributed by atoms with Crippen LogP contribution in [0.5, 0.6) is 5.75 Å².